The lowest BCUT2D eigenvalue weighted by Crippen LogP contribution is -2.22. The molecule has 0 atom stereocenters. The molecule has 2 N–H and O–H groups in total. The van der Waals surface area contributed by atoms with Crippen molar-refractivity contribution in [2.24, 2.45) is 5.73 Å². The minimum Gasteiger partial charge on any atom is -0.367 e. The van der Waals surface area contributed by atoms with Gasteiger partial charge in [0.1, 0.15) is 5.82 Å². The van der Waals surface area contributed by atoms with Crippen LogP contribution in [-0.4, -0.2) is 6.54 Å². The van der Waals surface area contributed by atoms with Crippen molar-refractivity contribution < 1.29 is 4.39 Å². The second-order valence-corrected chi connectivity index (χ2v) is 5.03. The van der Waals surface area contributed by atoms with Crippen LogP contribution >= 0.6 is 0 Å². The molecular weight excluding hydrogens is 251 g/mol. The lowest BCUT2D eigenvalue weighted by Gasteiger charge is -2.24. The zero-order valence-electron chi connectivity index (χ0n) is 12.1. The van der Waals surface area contributed by atoms with E-state index in [0.717, 1.165) is 23.4 Å². The number of benzene rings is 2. The molecule has 0 spiro atoms. The Balaban J connectivity index is 2.24. The van der Waals surface area contributed by atoms with Crippen molar-refractivity contribution in [3.05, 3.63) is 65.0 Å². The molecule has 0 heterocycles. The maximum absolute atomic E-state index is 13.6. The fourth-order valence-corrected chi connectivity index (χ4v) is 2.36. The second-order valence-electron chi connectivity index (χ2n) is 5.03. The van der Waals surface area contributed by atoms with Gasteiger partial charge in [0.25, 0.3) is 0 Å². The third-order valence-electron chi connectivity index (χ3n) is 3.38. The zero-order chi connectivity index (χ0) is 14.5. The Morgan fingerprint density at radius 1 is 1.10 bits per heavy atom. The van der Waals surface area contributed by atoms with Crippen LogP contribution in [0.2, 0.25) is 0 Å². The first-order valence-corrected chi connectivity index (χ1v) is 6.92. The fraction of sp³-hybridized carbons (Fsp3) is 0.294. The van der Waals surface area contributed by atoms with Crippen LogP contribution in [0.25, 0.3) is 0 Å². The van der Waals surface area contributed by atoms with E-state index in [1.165, 1.54) is 11.6 Å². The molecule has 2 rings (SSSR count). The summed E-state index contributed by atoms with van der Waals surface area (Å²) >= 11 is 0. The van der Waals surface area contributed by atoms with E-state index < -0.39 is 0 Å². The van der Waals surface area contributed by atoms with Gasteiger partial charge in [0, 0.05) is 25.3 Å². The Labute approximate surface area is 120 Å². The van der Waals surface area contributed by atoms with Gasteiger partial charge in [0.05, 0.1) is 0 Å². The average Bonchev–Trinajstić information content (AvgIpc) is 2.44. The minimum atomic E-state index is -0.219. The van der Waals surface area contributed by atoms with Gasteiger partial charge in [-0.2, -0.15) is 0 Å². The Morgan fingerprint density at radius 3 is 2.50 bits per heavy atom. The van der Waals surface area contributed by atoms with Crippen LogP contribution in [0.1, 0.15) is 23.6 Å². The molecule has 0 aliphatic rings. The number of hydrogen-bond donors (Lipinski definition) is 1. The molecule has 2 nitrogen and oxygen atoms in total. The maximum atomic E-state index is 13.6. The molecule has 0 bridgehead atoms. The van der Waals surface area contributed by atoms with Gasteiger partial charge in [-0.3, -0.25) is 0 Å². The van der Waals surface area contributed by atoms with Gasteiger partial charge in [0.15, 0.2) is 0 Å². The monoisotopic (exact) mass is 272 g/mol. The number of nitrogens with two attached hydrogens (primary N) is 1. The number of rotatable bonds is 5. The quantitative estimate of drug-likeness (QED) is 0.900. The molecule has 2 aromatic carbocycles. The highest BCUT2D eigenvalue weighted by Crippen LogP contribution is 2.19. The van der Waals surface area contributed by atoms with Crippen molar-refractivity contribution in [3.8, 4) is 0 Å². The fourth-order valence-electron chi connectivity index (χ4n) is 2.36. The van der Waals surface area contributed by atoms with E-state index in [1.54, 1.807) is 6.07 Å². The van der Waals surface area contributed by atoms with E-state index >= 15 is 0 Å². The number of halogens is 1. The van der Waals surface area contributed by atoms with Crippen LogP contribution < -0.4 is 10.6 Å². The van der Waals surface area contributed by atoms with E-state index in [0.29, 0.717) is 13.1 Å². The van der Waals surface area contributed by atoms with Crippen LogP contribution in [0.3, 0.4) is 0 Å². The molecule has 2 aromatic rings. The third-order valence-corrected chi connectivity index (χ3v) is 3.38. The van der Waals surface area contributed by atoms with Crippen molar-refractivity contribution in [1.29, 1.82) is 0 Å². The smallest absolute Gasteiger partial charge is 0.123 e. The van der Waals surface area contributed by atoms with E-state index in [9.17, 15) is 4.39 Å². The molecule has 0 amide bonds. The summed E-state index contributed by atoms with van der Waals surface area (Å²) in [7, 11) is 0. The van der Waals surface area contributed by atoms with Gasteiger partial charge in [-0.05, 0) is 54.8 Å². The Morgan fingerprint density at radius 2 is 1.85 bits per heavy atom. The summed E-state index contributed by atoms with van der Waals surface area (Å²) in [5, 5.41) is 0. The molecule has 0 saturated heterocycles. The zero-order valence-corrected chi connectivity index (χ0v) is 12.1. The van der Waals surface area contributed by atoms with Crippen LogP contribution in [-0.2, 0) is 13.1 Å². The van der Waals surface area contributed by atoms with Crippen molar-refractivity contribution in [2.45, 2.75) is 26.9 Å². The number of nitrogens with zero attached hydrogens (tertiary/aromatic N) is 1. The number of aryl methyl sites for hydroxylation is 1. The largest absolute Gasteiger partial charge is 0.367 e. The molecule has 0 unspecified atom stereocenters. The van der Waals surface area contributed by atoms with Gasteiger partial charge < -0.3 is 10.6 Å². The first-order chi connectivity index (χ1) is 9.62. The van der Waals surface area contributed by atoms with Crippen LogP contribution in [0.5, 0.6) is 0 Å². The summed E-state index contributed by atoms with van der Waals surface area (Å²) in [6, 6.07) is 13.4. The molecule has 0 fully saturated rings. The van der Waals surface area contributed by atoms with Gasteiger partial charge in [0.2, 0.25) is 0 Å². The molecule has 0 saturated carbocycles. The van der Waals surface area contributed by atoms with Gasteiger partial charge in [-0.15, -0.1) is 0 Å². The van der Waals surface area contributed by atoms with Crippen molar-refractivity contribution in [1.82, 2.24) is 0 Å². The molecule has 3 heteroatoms. The summed E-state index contributed by atoms with van der Waals surface area (Å²) < 4.78 is 13.6. The van der Waals surface area contributed by atoms with Crippen molar-refractivity contribution in [3.63, 3.8) is 0 Å². The van der Waals surface area contributed by atoms with Crippen LogP contribution in [0.4, 0.5) is 10.1 Å². The standard InChI is InChI=1S/C17H21FN2/c1-3-20(17-6-4-5-13(2)7-17)12-15-8-14(11-19)9-16(18)10-15/h4-10H,3,11-12,19H2,1-2H3. The van der Waals surface area contributed by atoms with E-state index in [4.69, 9.17) is 5.73 Å². The summed E-state index contributed by atoms with van der Waals surface area (Å²) in [5.74, 6) is -0.219. The summed E-state index contributed by atoms with van der Waals surface area (Å²) in [6.07, 6.45) is 0. The molecule has 106 valence electrons. The predicted octanol–water partition coefficient (Wildman–Crippen LogP) is 3.62. The highest BCUT2D eigenvalue weighted by atomic mass is 19.1. The van der Waals surface area contributed by atoms with Gasteiger partial charge in [-0.1, -0.05) is 18.2 Å². The maximum Gasteiger partial charge on any atom is 0.123 e. The lowest BCUT2D eigenvalue weighted by molar-refractivity contribution is 0.622. The summed E-state index contributed by atoms with van der Waals surface area (Å²) in [6.45, 7) is 6.10. The average molecular weight is 272 g/mol. The molecule has 0 radical (unpaired) electrons. The number of hydrogen-bond acceptors (Lipinski definition) is 2. The topological polar surface area (TPSA) is 29.3 Å². The Kier molecular flexibility index (Phi) is 4.74. The molecule has 0 aliphatic carbocycles. The normalized spacial score (nSPS) is 10.6. The SMILES string of the molecule is CCN(Cc1cc(F)cc(CN)c1)c1cccc(C)c1. The Bertz CT molecular complexity index is 581. The van der Waals surface area contributed by atoms with Gasteiger partial charge >= 0.3 is 0 Å². The van der Waals surface area contributed by atoms with Crippen molar-refractivity contribution >= 4 is 5.69 Å². The van der Waals surface area contributed by atoms with Crippen molar-refractivity contribution in [2.75, 3.05) is 11.4 Å². The predicted molar refractivity (Wildman–Crippen MR) is 82.2 cm³/mol. The van der Waals surface area contributed by atoms with Crippen LogP contribution in [0, 0.1) is 12.7 Å². The van der Waals surface area contributed by atoms with E-state index in [2.05, 4.69) is 36.9 Å². The van der Waals surface area contributed by atoms with E-state index in [1.807, 2.05) is 12.1 Å². The first-order valence-electron chi connectivity index (χ1n) is 6.92. The minimum absolute atomic E-state index is 0.219. The Hall–Kier alpha value is -1.87. The van der Waals surface area contributed by atoms with E-state index in [-0.39, 0.29) is 5.82 Å². The molecule has 20 heavy (non-hydrogen) atoms. The molecular formula is C17H21FN2. The second kappa shape index (κ2) is 6.53. The molecule has 0 aliphatic heterocycles. The van der Waals surface area contributed by atoms with Gasteiger partial charge in [-0.25, -0.2) is 4.39 Å². The highest BCUT2D eigenvalue weighted by Gasteiger charge is 2.07. The first kappa shape index (κ1) is 14.5. The summed E-state index contributed by atoms with van der Waals surface area (Å²) in [4.78, 5) is 2.22. The lowest BCUT2D eigenvalue weighted by atomic mass is 10.1. The number of anilines is 1. The highest BCUT2D eigenvalue weighted by molar-refractivity contribution is 5.49. The third kappa shape index (κ3) is 3.58. The summed E-state index contributed by atoms with van der Waals surface area (Å²) in [5.41, 5.74) is 9.77. The van der Waals surface area contributed by atoms with Crippen LogP contribution in [0.15, 0.2) is 42.5 Å². The molecule has 0 aromatic heterocycles.